The lowest BCUT2D eigenvalue weighted by atomic mass is 9.99. The number of nitrogens with one attached hydrogen (secondary N) is 1. The monoisotopic (exact) mass is 422 g/mol. The van der Waals surface area contributed by atoms with Crippen LogP contribution in [0.2, 0.25) is 0 Å². The van der Waals surface area contributed by atoms with E-state index in [0.717, 1.165) is 16.3 Å². The molecule has 31 heavy (non-hydrogen) atoms. The Kier molecular flexibility index (Phi) is 5.49. The summed E-state index contributed by atoms with van der Waals surface area (Å²) in [5, 5.41) is 9.19. The van der Waals surface area contributed by atoms with Crippen molar-refractivity contribution in [3.63, 3.8) is 0 Å². The molecule has 162 valence electrons. The van der Waals surface area contributed by atoms with Gasteiger partial charge in [-0.05, 0) is 37.1 Å². The number of fused-ring (bicyclic) bond motifs is 1. The summed E-state index contributed by atoms with van der Waals surface area (Å²) in [5.74, 6) is -1.23. The van der Waals surface area contributed by atoms with Gasteiger partial charge in [-0.15, -0.1) is 0 Å². The maximum Gasteiger partial charge on any atom is 0.354 e. The largest absolute Gasteiger partial charge is 0.461 e. The Hall–Kier alpha value is -3.26. The highest BCUT2D eigenvalue weighted by atomic mass is 16.5. The van der Waals surface area contributed by atoms with Crippen LogP contribution in [0, 0.1) is 0 Å². The summed E-state index contributed by atoms with van der Waals surface area (Å²) in [4.78, 5) is 38.1. The molecule has 0 bridgehead atoms. The number of benzene rings is 2. The Labute approximate surface area is 180 Å². The van der Waals surface area contributed by atoms with E-state index in [9.17, 15) is 14.4 Å². The van der Waals surface area contributed by atoms with Crippen molar-refractivity contribution in [1.82, 2.24) is 15.4 Å². The molecule has 4 rings (SSSR count). The Morgan fingerprint density at radius 2 is 1.94 bits per heavy atom. The first-order valence-electron chi connectivity index (χ1n) is 10.4. The van der Waals surface area contributed by atoms with Crippen molar-refractivity contribution in [2.24, 2.45) is 5.10 Å². The first-order chi connectivity index (χ1) is 14.8. The van der Waals surface area contributed by atoms with Gasteiger partial charge >= 0.3 is 5.97 Å². The van der Waals surface area contributed by atoms with Crippen LogP contribution >= 0.6 is 0 Å². The average Bonchev–Trinajstić information content (AvgIpc) is 3.31. The van der Waals surface area contributed by atoms with Crippen molar-refractivity contribution in [2.75, 3.05) is 6.61 Å². The Bertz CT molecular complexity index is 1070. The van der Waals surface area contributed by atoms with E-state index in [-0.39, 0.29) is 31.1 Å². The molecule has 0 saturated carbocycles. The summed E-state index contributed by atoms with van der Waals surface area (Å²) in [6, 6.07) is 13.3. The van der Waals surface area contributed by atoms with Gasteiger partial charge in [-0.1, -0.05) is 42.5 Å². The predicted molar refractivity (Wildman–Crippen MR) is 116 cm³/mol. The molecular formula is C23H26N4O4. The lowest BCUT2D eigenvalue weighted by Crippen LogP contribution is -2.54. The molecule has 2 amide bonds. The van der Waals surface area contributed by atoms with E-state index in [1.54, 1.807) is 6.92 Å². The van der Waals surface area contributed by atoms with Gasteiger partial charge in [0, 0.05) is 24.9 Å². The highest BCUT2D eigenvalue weighted by Gasteiger charge is 2.49. The predicted octanol–water partition coefficient (Wildman–Crippen LogP) is 2.38. The van der Waals surface area contributed by atoms with Crippen LogP contribution in [0.25, 0.3) is 10.8 Å². The van der Waals surface area contributed by atoms with Gasteiger partial charge in [0.25, 0.3) is 5.91 Å². The van der Waals surface area contributed by atoms with Gasteiger partial charge in [0.05, 0.1) is 6.61 Å². The first kappa shape index (κ1) is 21.0. The van der Waals surface area contributed by atoms with Gasteiger partial charge in [0.2, 0.25) is 5.91 Å². The van der Waals surface area contributed by atoms with Gasteiger partial charge in [0.1, 0.15) is 11.8 Å². The minimum atomic E-state index is -0.785. The SMILES string of the molecule is CCOC(=O)C1=NN[C@H](C(=O)N2C(=O)CC(C)(C)N2Cc2cccc3ccccc23)C1. The Morgan fingerprint density at radius 1 is 1.19 bits per heavy atom. The zero-order valence-corrected chi connectivity index (χ0v) is 17.9. The number of nitrogens with zero attached hydrogens (tertiary/aromatic N) is 3. The molecule has 0 radical (unpaired) electrons. The number of esters is 1. The van der Waals surface area contributed by atoms with Crippen molar-refractivity contribution < 1.29 is 19.1 Å². The van der Waals surface area contributed by atoms with E-state index >= 15 is 0 Å². The second-order valence-electron chi connectivity index (χ2n) is 8.39. The number of ether oxygens (including phenoxy) is 1. The lowest BCUT2D eigenvalue weighted by molar-refractivity contribution is -0.162. The molecule has 0 aliphatic carbocycles. The van der Waals surface area contributed by atoms with E-state index in [1.807, 2.05) is 61.3 Å². The smallest absolute Gasteiger partial charge is 0.354 e. The third-order valence-corrected chi connectivity index (χ3v) is 5.73. The summed E-state index contributed by atoms with van der Waals surface area (Å²) >= 11 is 0. The minimum Gasteiger partial charge on any atom is -0.461 e. The molecule has 8 heteroatoms. The van der Waals surface area contributed by atoms with E-state index in [1.165, 1.54) is 5.01 Å². The van der Waals surface area contributed by atoms with Crippen molar-refractivity contribution in [3.05, 3.63) is 48.0 Å². The number of carbonyl (C=O) groups is 3. The van der Waals surface area contributed by atoms with Gasteiger partial charge < -0.3 is 4.74 Å². The van der Waals surface area contributed by atoms with Crippen LogP contribution < -0.4 is 5.43 Å². The standard InChI is InChI=1S/C23H26N4O4/c1-4-31-22(30)19-12-18(24-25-19)21(29)27-20(28)13-23(2,3)26(27)14-16-10-7-9-15-8-5-6-11-17(15)16/h5-11,18,24H,4,12-14H2,1-3H3/t18-/m0/s1. The summed E-state index contributed by atoms with van der Waals surface area (Å²) in [5.41, 5.74) is 3.36. The number of hydrogen-bond donors (Lipinski definition) is 1. The second kappa shape index (κ2) is 8.11. The topological polar surface area (TPSA) is 91.3 Å². The maximum absolute atomic E-state index is 13.3. The fourth-order valence-corrected chi connectivity index (χ4v) is 4.13. The van der Waals surface area contributed by atoms with Gasteiger partial charge in [0.15, 0.2) is 0 Å². The molecule has 0 aromatic heterocycles. The summed E-state index contributed by atoms with van der Waals surface area (Å²) < 4.78 is 4.96. The van der Waals surface area contributed by atoms with Crippen LogP contribution in [-0.4, -0.2) is 51.7 Å². The summed E-state index contributed by atoms with van der Waals surface area (Å²) in [7, 11) is 0. The van der Waals surface area contributed by atoms with Crippen molar-refractivity contribution in [1.29, 1.82) is 0 Å². The summed E-state index contributed by atoms with van der Waals surface area (Å²) in [6.07, 6.45) is 0.311. The van der Waals surface area contributed by atoms with Gasteiger partial charge in [-0.25, -0.2) is 14.8 Å². The van der Waals surface area contributed by atoms with Crippen LogP contribution in [0.15, 0.2) is 47.6 Å². The molecule has 1 atom stereocenters. The van der Waals surface area contributed by atoms with E-state index in [2.05, 4.69) is 10.5 Å². The number of hydrazone groups is 1. The second-order valence-corrected chi connectivity index (χ2v) is 8.39. The van der Waals surface area contributed by atoms with E-state index in [0.29, 0.717) is 6.54 Å². The molecule has 1 saturated heterocycles. The van der Waals surface area contributed by atoms with Crippen LogP contribution in [0.4, 0.5) is 0 Å². The minimum absolute atomic E-state index is 0.0873. The molecule has 2 aliphatic heterocycles. The molecule has 8 nitrogen and oxygen atoms in total. The molecule has 2 heterocycles. The molecule has 2 aliphatic rings. The lowest BCUT2D eigenvalue weighted by Gasteiger charge is -2.36. The molecular weight excluding hydrogens is 396 g/mol. The normalized spacial score (nSPS) is 20.6. The molecule has 0 spiro atoms. The van der Waals surface area contributed by atoms with Crippen molar-refractivity contribution in [3.8, 4) is 0 Å². The fourth-order valence-electron chi connectivity index (χ4n) is 4.13. The van der Waals surface area contributed by atoms with E-state index < -0.39 is 23.5 Å². The Morgan fingerprint density at radius 3 is 2.71 bits per heavy atom. The molecule has 2 aromatic carbocycles. The highest BCUT2D eigenvalue weighted by molar-refractivity contribution is 6.37. The number of amides is 2. The fraction of sp³-hybridized carbons (Fsp3) is 0.391. The maximum atomic E-state index is 13.3. The van der Waals surface area contributed by atoms with Crippen LogP contribution in [0.3, 0.4) is 0 Å². The van der Waals surface area contributed by atoms with Crippen molar-refractivity contribution >= 4 is 34.3 Å². The first-order valence-corrected chi connectivity index (χ1v) is 10.4. The zero-order valence-electron chi connectivity index (χ0n) is 17.9. The third kappa shape index (κ3) is 3.90. The number of rotatable bonds is 5. The number of hydrogen-bond acceptors (Lipinski definition) is 7. The van der Waals surface area contributed by atoms with Crippen LogP contribution in [0.5, 0.6) is 0 Å². The summed E-state index contributed by atoms with van der Waals surface area (Å²) in [6.45, 7) is 6.25. The molecule has 0 unspecified atom stereocenters. The number of carbonyl (C=O) groups excluding carboxylic acids is 3. The third-order valence-electron chi connectivity index (χ3n) is 5.73. The zero-order chi connectivity index (χ0) is 22.2. The van der Waals surface area contributed by atoms with Crippen LogP contribution in [-0.2, 0) is 25.7 Å². The molecule has 1 N–H and O–H groups in total. The van der Waals surface area contributed by atoms with Crippen LogP contribution in [0.1, 0.15) is 39.2 Å². The average molecular weight is 422 g/mol. The van der Waals surface area contributed by atoms with Gasteiger partial charge in [-0.2, -0.15) is 5.10 Å². The van der Waals surface area contributed by atoms with Crippen molar-refractivity contribution in [2.45, 2.75) is 51.7 Å². The molecule has 1 fully saturated rings. The Balaban J connectivity index is 1.58. The number of imide groups is 1. The quantitative estimate of drug-likeness (QED) is 0.588. The van der Waals surface area contributed by atoms with E-state index in [4.69, 9.17) is 4.74 Å². The highest BCUT2D eigenvalue weighted by Crippen LogP contribution is 2.34. The van der Waals surface area contributed by atoms with Gasteiger partial charge in [-0.3, -0.25) is 15.0 Å². The molecule has 2 aromatic rings. The number of hydrazine groups is 1.